The molecule has 0 atom stereocenters. The van der Waals surface area contributed by atoms with Crippen LogP contribution in [0.3, 0.4) is 0 Å². The summed E-state index contributed by atoms with van der Waals surface area (Å²) in [5.41, 5.74) is 5.01. The molecule has 0 unspecified atom stereocenters. The number of carbonyl (C=O) groups is 1. The Bertz CT molecular complexity index is 943. The zero-order chi connectivity index (χ0) is 20.3. The average Bonchev–Trinajstić information content (AvgIpc) is 2.78. The Morgan fingerprint density at radius 2 is 1.38 bits per heavy atom. The van der Waals surface area contributed by atoms with Crippen LogP contribution in [0, 0.1) is 11.3 Å². The van der Waals surface area contributed by atoms with Crippen LogP contribution in [-0.4, -0.2) is 5.91 Å². The highest BCUT2D eigenvalue weighted by molar-refractivity contribution is 5.76. The van der Waals surface area contributed by atoms with Crippen molar-refractivity contribution in [3.8, 4) is 6.07 Å². The largest absolute Gasteiger partial charge is 0.372 e. The fourth-order valence-corrected chi connectivity index (χ4v) is 2.91. The molecular formula is C25H24N2O2. The Morgan fingerprint density at radius 3 is 2.03 bits per heavy atom. The first kappa shape index (κ1) is 20.3. The van der Waals surface area contributed by atoms with E-state index in [4.69, 9.17) is 10.00 Å². The second kappa shape index (κ2) is 10.8. The Morgan fingerprint density at radius 1 is 0.793 bits per heavy atom. The normalized spacial score (nSPS) is 10.3. The Labute approximate surface area is 171 Å². The number of rotatable bonds is 9. The zero-order valence-corrected chi connectivity index (χ0v) is 16.3. The van der Waals surface area contributed by atoms with Crippen LogP contribution in [0.1, 0.15) is 34.2 Å². The zero-order valence-electron chi connectivity index (χ0n) is 16.3. The van der Waals surface area contributed by atoms with Crippen molar-refractivity contribution in [2.24, 2.45) is 0 Å². The van der Waals surface area contributed by atoms with Gasteiger partial charge in [0.15, 0.2) is 0 Å². The van der Waals surface area contributed by atoms with Crippen molar-refractivity contribution in [1.82, 2.24) is 5.32 Å². The van der Waals surface area contributed by atoms with E-state index in [1.54, 1.807) is 12.1 Å². The molecule has 0 aliphatic heterocycles. The summed E-state index contributed by atoms with van der Waals surface area (Å²) in [6, 6.07) is 27.6. The maximum Gasteiger partial charge on any atom is 0.220 e. The number of amides is 1. The smallest absolute Gasteiger partial charge is 0.220 e. The number of nitrogens with one attached hydrogen (secondary N) is 1. The van der Waals surface area contributed by atoms with Crippen molar-refractivity contribution in [3.63, 3.8) is 0 Å². The quantitative estimate of drug-likeness (QED) is 0.590. The summed E-state index contributed by atoms with van der Waals surface area (Å²) in [7, 11) is 0. The Balaban J connectivity index is 1.36. The van der Waals surface area contributed by atoms with Crippen LogP contribution in [0.15, 0.2) is 78.9 Å². The van der Waals surface area contributed by atoms with Gasteiger partial charge < -0.3 is 10.1 Å². The molecule has 0 heterocycles. The van der Waals surface area contributed by atoms with Gasteiger partial charge in [-0.3, -0.25) is 4.79 Å². The molecule has 0 aliphatic rings. The van der Waals surface area contributed by atoms with E-state index in [1.165, 1.54) is 0 Å². The van der Waals surface area contributed by atoms with E-state index < -0.39 is 0 Å². The van der Waals surface area contributed by atoms with Crippen LogP contribution in [0.5, 0.6) is 0 Å². The van der Waals surface area contributed by atoms with E-state index >= 15 is 0 Å². The number of carbonyl (C=O) groups excluding carboxylic acids is 1. The highest BCUT2D eigenvalue weighted by Crippen LogP contribution is 2.09. The summed E-state index contributed by atoms with van der Waals surface area (Å²) in [4.78, 5) is 12.1. The van der Waals surface area contributed by atoms with Crippen LogP contribution < -0.4 is 5.32 Å². The molecule has 3 rings (SSSR count). The molecule has 0 aromatic heterocycles. The third kappa shape index (κ3) is 6.91. The van der Waals surface area contributed by atoms with Gasteiger partial charge in [0.1, 0.15) is 0 Å². The molecule has 0 bridgehead atoms. The summed E-state index contributed by atoms with van der Waals surface area (Å²) >= 11 is 0. The molecule has 3 aromatic rings. The number of ether oxygens (including phenoxy) is 1. The lowest BCUT2D eigenvalue weighted by Crippen LogP contribution is -2.23. The molecule has 29 heavy (non-hydrogen) atoms. The number of hydrogen-bond acceptors (Lipinski definition) is 3. The van der Waals surface area contributed by atoms with E-state index in [9.17, 15) is 4.79 Å². The Kier molecular flexibility index (Phi) is 7.56. The highest BCUT2D eigenvalue weighted by Gasteiger charge is 2.03. The minimum Gasteiger partial charge on any atom is -0.372 e. The lowest BCUT2D eigenvalue weighted by molar-refractivity contribution is -0.121. The fourth-order valence-electron chi connectivity index (χ4n) is 2.91. The van der Waals surface area contributed by atoms with Gasteiger partial charge in [0.25, 0.3) is 0 Å². The van der Waals surface area contributed by atoms with E-state index in [0.29, 0.717) is 38.2 Å². The minimum absolute atomic E-state index is 0.0182. The van der Waals surface area contributed by atoms with Gasteiger partial charge in [-0.25, -0.2) is 0 Å². The van der Waals surface area contributed by atoms with Crippen molar-refractivity contribution < 1.29 is 9.53 Å². The summed E-state index contributed by atoms with van der Waals surface area (Å²) in [6.07, 6.45) is 1.09. The number of aryl methyl sites for hydroxylation is 1. The minimum atomic E-state index is 0.0182. The van der Waals surface area contributed by atoms with Crippen molar-refractivity contribution in [3.05, 3.63) is 107 Å². The molecule has 0 fully saturated rings. The Hall–Kier alpha value is -3.42. The predicted octanol–water partition coefficient (Wildman–Crippen LogP) is 4.52. The monoisotopic (exact) mass is 384 g/mol. The van der Waals surface area contributed by atoms with Crippen LogP contribution in [0.2, 0.25) is 0 Å². The van der Waals surface area contributed by atoms with Gasteiger partial charge in [-0.1, -0.05) is 66.7 Å². The van der Waals surface area contributed by atoms with E-state index in [0.717, 1.165) is 22.3 Å². The molecule has 0 saturated carbocycles. The van der Waals surface area contributed by atoms with E-state index in [-0.39, 0.29) is 5.91 Å². The number of nitriles is 1. The van der Waals surface area contributed by atoms with E-state index in [2.05, 4.69) is 11.4 Å². The molecule has 0 radical (unpaired) electrons. The van der Waals surface area contributed by atoms with E-state index in [1.807, 2.05) is 66.7 Å². The first-order chi connectivity index (χ1) is 14.2. The van der Waals surface area contributed by atoms with Crippen molar-refractivity contribution in [1.29, 1.82) is 5.26 Å². The first-order valence-corrected chi connectivity index (χ1v) is 9.68. The summed E-state index contributed by atoms with van der Waals surface area (Å²) in [6.45, 7) is 1.67. The summed E-state index contributed by atoms with van der Waals surface area (Å²) in [5.74, 6) is 0.0182. The second-order valence-electron chi connectivity index (χ2n) is 6.88. The van der Waals surface area contributed by atoms with Gasteiger partial charge in [0.2, 0.25) is 5.91 Å². The van der Waals surface area contributed by atoms with Gasteiger partial charge in [0.05, 0.1) is 24.8 Å². The number of nitrogens with zero attached hydrogens (tertiary/aromatic N) is 1. The third-order valence-corrected chi connectivity index (χ3v) is 4.62. The lowest BCUT2D eigenvalue weighted by Gasteiger charge is -2.08. The molecule has 4 nitrogen and oxygen atoms in total. The van der Waals surface area contributed by atoms with Gasteiger partial charge in [0, 0.05) is 13.0 Å². The maximum atomic E-state index is 12.1. The summed E-state index contributed by atoms with van der Waals surface area (Å²) in [5, 5.41) is 11.8. The predicted molar refractivity (Wildman–Crippen MR) is 113 cm³/mol. The van der Waals surface area contributed by atoms with Crippen LogP contribution in [0.4, 0.5) is 0 Å². The molecule has 0 spiro atoms. The van der Waals surface area contributed by atoms with Crippen molar-refractivity contribution in [2.75, 3.05) is 0 Å². The van der Waals surface area contributed by atoms with Gasteiger partial charge in [-0.2, -0.15) is 5.26 Å². The second-order valence-corrected chi connectivity index (χ2v) is 6.88. The van der Waals surface area contributed by atoms with Gasteiger partial charge in [-0.15, -0.1) is 0 Å². The molecule has 4 heteroatoms. The molecule has 1 amide bonds. The molecular weight excluding hydrogens is 360 g/mol. The maximum absolute atomic E-state index is 12.1. The van der Waals surface area contributed by atoms with Crippen molar-refractivity contribution in [2.45, 2.75) is 32.6 Å². The van der Waals surface area contributed by atoms with Crippen LogP contribution in [-0.2, 0) is 35.7 Å². The number of benzene rings is 3. The van der Waals surface area contributed by atoms with Crippen molar-refractivity contribution >= 4 is 5.91 Å². The fraction of sp³-hybridized carbons (Fsp3) is 0.200. The topological polar surface area (TPSA) is 62.1 Å². The van der Waals surface area contributed by atoms with Crippen LogP contribution in [0.25, 0.3) is 0 Å². The van der Waals surface area contributed by atoms with Crippen LogP contribution >= 0.6 is 0 Å². The molecule has 3 aromatic carbocycles. The SMILES string of the molecule is N#Cc1ccc(CCC(=O)NCc2ccc(COCc3ccccc3)cc2)cc1. The molecule has 146 valence electrons. The summed E-state index contributed by atoms with van der Waals surface area (Å²) < 4.78 is 5.74. The first-order valence-electron chi connectivity index (χ1n) is 9.68. The third-order valence-electron chi connectivity index (χ3n) is 4.62. The lowest BCUT2D eigenvalue weighted by atomic mass is 10.1. The highest BCUT2D eigenvalue weighted by atomic mass is 16.5. The van der Waals surface area contributed by atoms with Gasteiger partial charge in [-0.05, 0) is 40.8 Å². The molecule has 1 N–H and O–H groups in total. The van der Waals surface area contributed by atoms with Gasteiger partial charge >= 0.3 is 0 Å². The molecule has 0 aliphatic carbocycles. The molecule has 0 saturated heterocycles. The average molecular weight is 384 g/mol. The standard InChI is InChI=1S/C25H24N2O2/c26-16-21-8-6-20(7-9-21)14-15-25(28)27-17-22-10-12-24(13-11-22)19-29-18-23-4-2-1-3-5-23/h1-13H,14-15,17-19H2,(H,27,28). The number of hydrogen-bond donors (Lipinski definition) is 1.